The molecular weight excluding hydrogens is 180 g/mol. The first kappa shape index (κ1) is 9.77. The van der Waals surface area contributed by atoms with E-state index in [0.29, 0.717) is 5.92 Å². The highest BCUT2D eigenvalue weighted by Gasteiger charge is 2.41. The molecule has 2 rings (SSSR count). The van der Waals surface area contributed by atoms with Crippen LogP contribution >= 0.6 is 0 Å². The van der Waals surface area contributed by atoms with E-state index in [4.69, 9.17) is 5.73 Å². The largest absolute Gasteiger partial charge is 0.453 e. The Morgan fingerprint density at radius 2 is 2.36 bits per heavy atom. The molecule has 1 aliphatic heterocycles. The second-order valence-corrected chi connectivity index (χ2v) is 4.64. The Hall–Kier alpha value is -0.770. The Labute approximate surface area is 84.4 Å². The molecule has 1 saturated carbocycles. The molecule has 1 amide bonds. The highest BCUT2D eigenvalue weighted by atomic mass is 16.5. The van der Waals surface area contributed by atoms with Gasteiger partial charge in [0.05, 0.1) is 7.11 Å². The van der Waals surface area contributed by atoms with Crippen molar-refractivity contribution in [3.8, 4) is 0 Å². The minimum absolute atomic E-state index is 0.108. The Bertz CT molecular complexity index is 238. The molecule has 2 aliphatic rings. The number of hydrogen-bond acceptors (Lipinski definition) is 3. The summed E-state index contributed by atoms with van der Waals surface area (Å²) in [5, 5.41) is 0. The molecular formula is C10H18N2O2. The number of nitrogens with zero attached hydrogens (tertiary/aromatic N) is 1. The average molecular weight is 198 g/mol. The van der Waals surface area contributed by atoms with Crippen molar-refractivity contribution in [3.05, 3.63) is 0 Å². The first-order valence-electron chi connectivity index (χ1n) is 5.25. The topological polar surface area (TPSA) is 55.6 Å². The van der Waals surface area contributed by atoms with Gasteiger partial charge >= 0.3 is 6.09 Å². The third-order valence-corrected chi connectivity index (χ3v) is 3.31. The van der Waals surface area contributed by atoms with Gasteiger partial charge in [-0.3, -0.25) is 0 Å². The number of carbonyl (C=O) groups excluding carboxylic acids is 1. The van der Waals surface area contributed by atoms with Crippen LogP contribution in [0.4, 0.5) is 4.79 Å². The number of amides is 1. The van der Waals surface area contributed by atoms with Crippen LogP contribution in [0.5, 0.6) is 0 Å². The molecule has 80 valence electrons. The summed E-state index contributed by atoms with van der Waals surface area (Å²) in [4.78, 5) is 13.0. The van der Waals surface area contributed by atoms with E-state index in [0.717, 1.165) is 38.8 Å². The van der Waals surface area contributed by atoms with Crippen molar-refractivity contribution in [2.45, 2.75) is 31.2 Å². The molecule has 14 heavy (non-hydrogen) atoms. The maximum atomic E-state index is 11.2. The Morgan fingerprint density at radius 3 is 2.93 bits per heavy atom. The van der Waals surface area contributed by atoms with Crippen LogP contribution in [0.2, 0.25) is 0 Å². The summed E-state index contributed by atoms with van der Waals surface area (Å²) in [5.74, 6) is 0.585. The van der Waals surface area contributed by atoms with Crippen molar-refractivity contribution in [3.63, 3.8) is 0 Å². The molecule has 0 spiro atoms. The van der Waals surface area contributed by atoms with Crippen LogP contribution in [-0.2, 0) is 4.74 Å². The zero-order valence-corrected chi connectivity index (χ0v) is 8.66. The molecule has 1 saturated heterocycles. The van der Waals surface area contributed by atoms with Crippen LogP contribution in [0.3, 0.4) is 0 Å². The zero-order valence-electron chi connectivity index (χ0n) is 8.66. The fourth-order valence-corrected chi connectivity index (χ4v) is 2.23. The number of hydrogen-bond donors (Lipinski definition) is 1. The van der Waals surface area contributed by atoms with Crippen LogP contribution in [-0.4, -0.2) is 36.7 Å². The van der Waals surface area contributed by atoms with Crippen LogP contribution < -0.4 is 5.73 Å². The minimum Gasteiger partial charge on any atom is -0.453 e. The molecule has 1 aliphatic carbocycles. The van der Waals surface area contributed by atoms with E-state index in [1.54, 1.807) is 4.90 Å². The normalized spacial score (nSPS) is 29.0. The van der Waals surface area contributed by atoms with Crippen molar-refractivity contribution in [1.82, 2.24) is 4.90 Å². The van der Waals surface area contributed by atoms with Gasteiger partial charge in [0, 0.05) is 18.6 Å². The lowest BCUT2D eigenvalue weighted by atomic mass is 9.98. The molecule has 4 heteroatoms. The number of likely N-dealkylation sites (tertiary alicyclic amines) is 1. The minimum atomic E-state index is -0.200. The molecule has 0 aromatic heterocycles. The predicted molar refractivity (Wildman–Crippen MR) is 52.9 cm³/mol. The summed E-state index contributed by atoms with van der Waals surface area (Å²) in [6, 6.07) is 0. The van der Waals surface area contributed by atoms with Gasteiger partial charge in [-0.05, 0) is 31.6 Å². The second-order valence-electron chi connectivity index (χ2n) is 4.64. The van der Waals surface area contributed by atoms with Gasteiger partial charge in [-0.1, -0.05) is 0 Å². The van der Waals surface area contributed by atoms with Gasteiger partial charge in [0.1, 0.15) is 0 Å². The Morgan fingerprint density at radius 1 is 1.64 bits per heavy atom. The van der Waals surface area contributed by atoms with Crippen molar-refractivity contribution >= 4 is 6.09 Å². The monoisotopic (exact) mass is 198 g/mol. The molecule has 1 atom stereocenters. The Kier molecular flexibility index (Phi) is 2.39. The first-order chi connectivity index (χ1) is 6.63. The molecule has 2 fully saturated rings. The molecule has 1 unspecified atom stereocenters. The van der Waals surface area contributed by atoms with Crippen LogP contribution in [0.15, 0.2) is 0 Å². The van der Waals surface area contributed by atoms with Gasteiger partial charge in [-0.2, -0.15) is 0 Å². The number of carbonyl (C=O) groups is 1. The second kappa shape index (κ2) is 3.42. The summed E-state index contributed by atoms with van der Waals surface area (Å²) >= 11 is 0. The summed E-state index contributed by atoms with van der Waals surface area (Å²) in [7, 11) is 1.43. The predicted octanol–water partition coefficient (Wildman–Crippen LogP) is 0.956. The van der Waals surface area contributed by atoms with Crippen molar-refractivity contribution in [2.75, 3.05) is 20.2 Å². The molecule has 2 N–H and O–H groups in total. The lowest BCUT2D eigenvalue weighted by Gasteiger charge is -2.16. The van der Waals surface area contributed by atoms with Gasteiger partial charge in [0.25, 0.3) is 0 Å². The van der Waals surface area contributed by atoms with Gasteiger partial charge in [0.15, 0.2) is 0 Å². The fraction of sp³-hybridized carbons (Fsp3) is 0.900. The van der Waals surface area contributed by atoms with Crippen molar-refractivity contribution < 1.29 is 9.53 Å². The van der Waals surface area contributed by atoms with E-state index >= 15 is 0 Å². The van der Waals surface area contributed by atoms with E-state index in [1.807, 2.05) is 0 Å². The van der Waals surface area contributed by atoms with Crippen LogP contribution in [0, 0.1) is 5.92 Å². The molecule has 0 radical (unpaired) electrons. The summed E-state index contributed by atoms with van der Waals surface area (Å²) in [6.07, 6.45) is 4.26. The summed E-state index contributed by atoms with van der Waals surface area (Å²) < 4.78 is 4.68. The number of nitrogens with two attached hydrogens (primary N) is 1. The highest BCUT2D eigenvalue weighted by Crippen LogP contribution is 2.40. The molecule has 0 aromatic carbocycles. The maximum Gasteiger partial charge on any atom is 0.409 e. The van der Waals surface area contributed by atoms with E-state index < -0.39 is 0 Å². The third-order valence-electron chi connectivity index (χ3n) is 3.31. The third kappa shape index (κ3) is 2.00. The summed E-state index contributed by atoms with van der Waals surface area (Å²) in [5.41, 5.74) is 6.15. The van der Waals surface area contributed by atoms with Gasteiger partial charge < -0.3 is 15.4 Å². The number of methoxy groups -OCH3 is 1. The zero-order chi connectivity index (χ0) is 10.2. The van der Waals surface area contributed by atoms with Crippen LogP contribution in [0.1, 0.15) is 25.7 Å². The fourth-order valence-electron chi connectivity index (χ4n) is 2.23. The lowest BCUT2D eigenvalue weighted by molar-refractivity contribution is 0.131. The van der Waals surface area contributed by atoms with Gasteiger partial charge in [-0.15, -0.1) is 0 Å². The van der Waals surface area contributed by atoms with Crippen molar-refractivity contribution in [1.29, 1.82) is 0 Å². The average Bonchev–Trinajstić information content (AvgIpc) is 2.71. The lowest BCUT2D eigenvalue weighted by Crippen LogP contribution is -2.30. The SMILES string of the molecule is COC(=O)N1CCC(CC2(N)CC2)C1. The maximum absolute atomic E-state index is 11.2. The van der Waals surface area contributed by atoms with E-state index in [2.05, 4.69) is 4.74 Å². The molecule has 1 heterocycles. The first-order valence-corrected chi connectivity index (χ1v) is 5.25. The summed E-state index contributed by atoms with van der Waals surface area (Å²) in [6.45, 7) is 1.65. The highest BCUT2D eigenvalue weighted by molar-refractivity contribution is 5.67. The van der Waals surface area contributed by atoms with Gasteiger partial charge in [-0.25, -0.2) is 4.79 Å². The Balaban J connectivity index is 1.79. The molecule has 0 bridgehead atoms. The molecule has 0 aromatic rings. The van der Waals surface area contributed by atoms with Crippen LogP contribution in [0.25, 0.3) is 0 Å². The number of rotatable bonds is 2. The number of ether oxygens (including phenoxy) is 1. The van der Waals surface area contributed by atoms with E-state index in [9.17, 15) is 4.79 Å². The van der Waals surface area contributed by atoms with Crippen molar-refractivity contribution in [2.24, 2.45) is 11.7 Å². The molecule has 4 nitrogen and oxygen atoms in total. The smallest absolute Gasteiger partial charge is 0.409 e. The standard InChI is InChI=1S/C10H18N2O2/c1-14-9(13)12-5-2-8(7-12)6-10(11)3-4-10/h8H,2-7,11H2,1H3. The van der Waals surface area contributed by atoms with Gasteiger partial charge in [0.2, 0.25) is 0 Å². The quantitative estimate of drug-likeness (QED) is 0.719. The van der Waals surface area contributed by atoms with E-state index in [1.165, 1.54) is 7.11 Å². The van der Waals surface area contributed by atoms with E-state index in [-0.39, 0.29) is 11.6 Å².